The molecule has 2 aromatic rings. The fourth-order valence-electron chi connectivity index (χ4n) is 1.82. The molecule has 0 N–H and O–H groups in total. The molecule has 0 amide bonds. The Labute approximate surface area is 104 Å². The van der Waals surface area contributed by atoms with Crippen LogP contribution in [0.4, 0.5) is 0 Å². The van der Waals surface area contributed by atoms with E-state index in [4.69, 9.17) is 0 Å². The molecule has 0 fully saturated rings. The first-order chi connectivity index (χ1) is 7.08. The Hall–Kier alpha value is -0.580. The molecule has 2 nitrogen and oxygen atoms in total. The first kappa shape index (κ1) is 10.9. The number of hydrogen-bond donors (Lipinski definition) is 0. The van der Waals surface area contributed by atoms with Crippen LogP contribution in [0.1, 0.15) is 19.7 Å². The molecule has 15 heavy (non-hydrogen) atoms. The second kappa shape index (κ2) is 4.12. The minimum Gasteiger partial charge on any atom is -0.328 e. The maximum atomic E-state index is 4.59. The van der Waals surface area contributed by atoms with Crippen LogP contribution in [0.3, 0.4) is 0 Å². The van der Waals surface area contributed by atoms with Gasteiger partial charge in [-0.3, -0.25) is 0 Å². The lowest BCUT2D eigenvalue weighted by molar-refractivity contribution is 0.524. The topological polar surface area (TPSA) is 17.8 Å². The van der Waals surface area contributed by atoms with Gasteiger partial charge in [0.05, 0.1) is 11.0 Å². The number of halogens is 1. The van der Waals surface area contributed by atoms with Crippen molar-refractivity contribution >= 4 is 33.6 Å². The predicted octanol–water partition coefficient (Wildman–Crippen LogP) is 3.61. The summed E-state index contributed by atoms with van der Waals surface area (Å²) in [4.78, 5) is 4.59. The Morgan fingerprint density at radius 2 is 2.13 bits per heavy atom. The average molecular weight is 314 g/mol. The number of aromatic nitrogens is 2. The van der Waals surface area contributed by atoms with Gasteiger partial charge in [0, 0.05) is 10.1 Å². The first-order valence-electron chi connectivity index (χ1n) is 5.20. The van der Waals surface area contributed by atoms with E-state index in [0.717, 1.165) is 17.9 Å². The van der Waals surface area contributed by atoms with Gasteiger partial charge >= 0.3 is 0 Å². The van der Waals surface area contributed by atoms with Crippen molar-refractivity contribution in [3.05, 3.63) is 27.6 Å². The molecule has 0 bridgehead atoms. The SMILES string of the molecule is Cc1nc2cc(I)ccc2n1CC(C)C. The third-order valence-corrected chi connectivity index (χ3v) is 3.12. The molecule has 0 saturated heterocycles. The molecule has 1 aromatic carbocycles. The molecule has 2 rings (SSSR count). The van der Waals surface area contributed by atoms with E-state index in [2.05, 4.69) is 71.1 Å². The Morgan fingerprint density at radius 1 is 1.40 bits per heavy atom. The van der Waals surface area contributed by atoms with E-state index in [1.807, 2.05) is 0 Å². The van der Waals surface area contributed by atoms with Crippen LogP contribution in [0, 0.1) is 16.4 Å². The van der Waals surface area contributed by atoms with Crippen LogP contribution in [0.5, 0.6) is 0 Å². The highest BCUT2D eigenvalue weighted by atomic mass is 127. The zero-order valence-corrected chi connectivity index (χ0v) is 11.4. The summed E-state index contributed by atoms with van der Waals surface area (Å²) in [6.45, 7) is 7.59. The lowest BCUT2D eigenvalue weighted by Crippen LogP contribution is -2.05. The van der Waals surface area contributed by atoms with E-state index in [1.54, 1.807) is 0 Å². The van der Waals surface area contributed by atoms with Crippen molar-refractivity contribution in [2.24, 2.45) is 5.92 Å². The summed E-state index contributed by atoms with van der Waals surface area (Å²) < 4.78 is 3.55. The third-order valence-electron chi connectivity index (χ3n) is 2.45. The van der Waals surface area contributed by atoms with Crippen LogP contribution >= 0.6 is 22.6 Å². The van der Waals surface area contributed by atoms with Crippen molar-refractivity contribution in [1.82, 2.24) is 9.55 Å². The number of nitrogens with zero attached hydrogens (tertiary/aromatic N) is 2. The summed E-state index contributed by atoms with van der Waals surface area (Å²) in [5.74, 6) is 1.76. The number of fused-ring (bicyclic) bond motifs is 1. The largest absolute Gasteiger partial charge is 0.328 e. The highest BCUT2D eigenvalue weighted by Crippen LogP contribution is 2.19. The van der Waals surface area contributed by atoms with Crippen LogP contribution in [0.2, 0.25) is 0 Å². The molecule has 0 saturated carbocycles. The Bertz CT molecular complexity index is 486. The Balaban J connectivity index is 2.58. The summed E-state index contributed by atoms with van der Waals surface area (Å²) in [7, 11) is 0. The number of benzene rings is 1. The van der Waals surface area contributed by atoms with E-state index < -0.39 is 0 Å². The number of imidazole rings is 1. The fourth-order valence-corrected chi connectivity index (χ4v) is 2.29. The fraction of sp³-hybridized carbons (Fsp3) is 0.417. The molecular formula is C12H15IN2. The Kier molecular flexibility index (Phi) is 3.00. The highest BCUT2D eigenvalue weighted by Gasteiger charge is 2.08. The standard InChI is InChI=1S/C12H15IN2/c1-8(2)7-15-9(3)14-11-6-10(13)4-5-12(11)15/h4-6,8H,7H2,1-3H3. The summed E-state index contributed by atoms with van der Waals surface area (Å²) in [6.07, 6.45) is 0. The van der Waals surface area contributed by atoms with Gasteiger partial charge in [0.2, 0.25) is 0 Å². The lowest BCUT2D eigenvalue weighted by Gasteiger charge is -2.09. The van der Waals surface area contributed by atoms with E-state index in [-0.39, 0.29) is 0 Å². The van der Waals surface area contributed by atoms with E-state index >= 15 is 0 Å². The molecule has 0 unspecified atom stereocenters. The molecule has 0 aliphatic carbocycles. The first-order valence-corrected chi connectivity index (χ1v) is 6.28. The van der Waals surface area contributed by atoms with E-state index in [9.17, 15) is 0 Å². The van der Waals surface area contributed by atoms with Crippen LogP contribution in [0.15, 0.2) is 18.2 Å². The Morgan fingerprint density at radius 3 is 2.80 bits per heavy atom. The number of rotatable bonds is 2. The molecule has 1 aromatic heterocycles. The summed E-state index contributed by atoms with van der Waals surface area (Å²) in [5, 5.41) is 0. The molecule has 0 atom stereocenters. The van der Waals surface area contributed by atoms with Gasteiger partial charge in [-0.05, 0) is 53.6 Å². The zero-order valence-electron chi connectivity index (χ0n) is 9.29. The molecular weight excluding hydrogens is 299 g/mol. The van der Waals surface area contributed by atoms with Gasteiger partial charge in [0.1, 0.15) is 5.82 Å². The third kappa shape index (κ3) is 2.17. The average Bonchev–Trinajstić information content (AvgIpc) is 2.41. The van der Waals surface area contributed by atoms with Gasteiger partial charge in [-0.2, -0.15) is 0 Å². The molecule has 1 heterocycles. The minimum absolute atomic E-state index is 0.653. The minimum atomic E-state index is 0.653. The highest BCUT2D eigenvalue weighted by molar-refractivity contribution is 14.1. The van der Waals surface area contributed by atoms with Crippen LogP contribution in [-0.4, -0.2) is 9.55 Å². The van der Waals surface area contributed by atoms with Crippen LogP contribution < -0.4 is 0 Å². The second-order valence-electron chi connectivity index (χ2n) is 4.30. The van der Waals surface area contributed by atoms with Crippen molar-refractivity contribution in [2.75, 3.05) is 0 Å². The quantitative estimate of drug-likeness (QED) is 0.775. The molecule has 0 radical (unpaired) electrons. The van der Waals surface area contributed by atoms with Gasteiger partial charge in [-0.25, -0.2) is 4.98 Å². The van der Waals surface area contributed by atoms with E-state index in [1.165, 1.54) is 9.09 Å². The predicted molar refractivity (Wildman–Crippen MR) is 72.0 cm³/mol. The van der Waals surface area contributed by atoms with Gasteiger partial charge in [0.15, 0.2) is 0 Å². The second-order valence-corrected chi connectivity index (χ2v) is 5.54. The summed E-state index contributed by atoms with van der Waals surface area (Å²) in [5.41, 5.74) is 2.36. The van der Waals surface area contributed by atoms with Crippen LogP contribution in [-0.2, 0) is 6.54 Å². The van der Waals surface area contributed by atoms with Crippen molar-refractivity contribution in [1.29, 1.82) is 0 Å². The van der Waals surface area contributed by atoms with Crippen LogP contribution in [0.25, 0.3) is 11.0 Å². The maximum Gasteiger partial charge on any atom is 0.106 e. The number of hydrogen-bond acceptors (Lipinski definition) is 1. The van der Waals surface area contributed by atoms with Crippen molar-refractivity contribution in [3.63, 3.8) is 0 Å². The van der Waals surface area contributed by atoms with Gasteiger partial charge < -0.3 is 4.57 Å². The molecule has 0 aliphatic heterocycles. The monoisotopic (exact) mass is 314 g/mol. The lowest BCUT2D eigenvalue weighted by atomic mass is 10.2. The molecule has 0 spiro atoms. The molecule has 80 valence electrons. The number of aryl methyl sites for hydroxylation is 1. The molecule has 0 aliphatic rings. The smallest absolute Gasteiger partial charge is 0.106 e. The normalized spacial score (nSPS) is 11.5. The van der Waals surface area contributed by atoms with Crippen molar-refractivity contribution in [2.45, 2.75) is 27.3 Å². The molecule has 3 heteroatoms. The van der Waals surface area contributed by atoms with Gasteiger partial charge in [0.25, 0.3) is 0 Å². The van der Waals surface area contributed by atoms with Gasteiger partial charge in [-0.1, -0.05) is 13.8 Å². The maximum absolute atomic E-state index is 4.59. The summed E-state index contributed by atoms with van der Waals surface area (Å²) >= 11 is 2.33. The van der Waals surface area contributed by atoms with E-state index in [0.29, 0.717) is 5.92 Å². The summed E-state index contributed by atoms with van der Waals surface area (Å²) in [6, 6.07) is 6.44. The van der Waals surface area contributed by atoms with Crippen molar-refractivity contribution in [3.8, 4) is 0 Å². The van der Waals surface area contributed by atoms with Crippen molar-refractivity contribution < 1.29 is 0 Å². The van der Waals surface area contributed by atoms with Gasteiger partial charge in [-0.15, -0.1) is 0 Å². The zero-order chi connectivity index (χ0) is 11.0.